The summed E-state index contributed by atoms with van der Waals surface area (Å²) in [5.74, 6) is 0. The topological polar surface area (TPSA) is 0 Å². The van der Waals surface area contributed by atoms with Gasteiger partial charge in [0.25, 0.3) is 0 Å². The van der Waals surface area contributed by atoms with E-state index < -0.39 is 12.8 Å². The Bertz CT molecular complexity index is 125. The molecular formula is C6H12Cr. The average molecular weight is 136 g/mol. The molecule has 0 N–H and O–H groups in total. The fourth-order valence-electron chi connectivity index (χ4n) is 0.408. The van der Waals surface area contributed by atoms with Crippen LogP contribution in [0.5, 0.6) is 0 Å². The summed E-state index contributed by atoms with van der Waals surface area (Å²) < 4.78 is 0. The molecule has 0 aromatic carbocycles. The first kappa shape index (κ1) is 7.14. The molecule has 0 aliphatic rings. The van der Waals surface area contributed by atoms with E-state index in [-0.39, 0.29) is 0 Å². The van der Waals surface area contributed by atoms with Crippen molar-refractivity contribution in [3.05, 3.63) is 0 Å². The molecule has 0 saturated carbocycles. The second kappa shape index (κ2) is 4.31. The Labute approximate surface area is 48.8 Å². The predicted molar refractivity (Wildman–Crippen MR) is 35.2 cm³/mol. The molecule has 0 aromatic rings. The first-order chi connectivity index (χ1) is 3.35. The Morgan fingerprint density at radius 2 is 1.14 bits per heavy atom. The average Bonchev–Trinajstić information content (AvgIpc) is 1.72. The molecule has 0 rings (SSSR count). The van der Waals surface area contributed by atoms with Gasteiger partial charge in [-0.2, -0.15) is 0 Å². The van der Waals surface area contributed by atoms with Crippen LogP contribution in [0.4, 0.5) is 0 Å². The first-order valence-electron chi connectivity index (χ1n) is 2.44. The van der Waals surface area contributed by atoms with Gasteiger partial charge in [-0.05, 0) is 0 Å². The van der Waals surface area contributed by atoms with Crippen LogP contribution in [0.3, 0.4) is 0 Å². The van der Waals surface area contributed by atoms with Gasteiger partial charge in [-0.3, -0.25) is 0 Å². The van der Waals surface area contributed by atoms with E-state index in [1.54, 1.807) is 0 Å². The van der Waals surface area contributed by atoms with Crippen LogP contribution in [0.15, 0.2) is 0 Å². The van der Waals surface area contributed by atoms with Crippen molar-refractivity contribution in [2.45, 2.75) is 20.8 Å². The Morgan fingerprint density at radius 1 is 0.857 bits per heavy atom. The SMILES string of the molecule is C[CH]=[Cr](=[CH]C)=[CH]C. The molecule has 0 heterocycles. The van der Waals surface area contributed by atoms with Crippen LogP contribution in [-0.2, 0) is 12.8 Å². The van der Waals surface area contributed by atoms with E-state index in [0.29, 0.717) is 0 Å². The standard InChI is InChI=1S/3C2H4.Cr/c3*1-2;/h3*1H,2H3;. The van der Waals surface area contributed by atoms with E-state index in [2.05, 4.69) is 35.4 Å². The molecule has 0 atom stereocenters. The van der Waals surface area contributed by atoms with Gasteiger partial charge in [0.1, 0.15) is 0 Å². The van der Waals surface area contributed by atoms with Crippen LogP contribution in [0.2, 0.25) is 0 Å². The third-order valence-corrected chi connectivity index (χ3v) is 3.37. The third kappa shape index (κ3) is 2.79. The zero-order valence-electron chi connectivity index (χ0n) is 5.14. The minimum absolute atomic E-state index is 0.431. The van der Waals surface area contributed by atoms with Crippen LogP contribution >= 0.6 is 0 Å². The zero-order chi connectivity index (χ0) is 5.70. The molecule has 0 aromatic heterocycles. The molecular weight excluding hydrogens is 124 g/mol. The second-order valence-electron chi connectivity index (χ2n) is 1.12. The van der Waals surface area contributed by atoms with E-state index in [4.69, 9.17) is 0 Å². The monoisotopic (exact) mass is 136 g/mol. The molecule has 0 aliphatic carbocycles. The summed E-state index contributed by atoms with van der Waals surface area (Å²) in [5.41, 5.74) is 0. The Balaban J connectivity index is 4.54. The fourth-order valence-corrected chi connectivity index (χ4v) is 1.68. The summed E-state index contributed by atoms with van der Waals surface area (Å²) in [6.45, 7) is 6.39. The van der Waals surface area contributed by atoms with Crippen molar-refractivity contribution in [3.63, 3.8) is 0 Å². The maximum absolute atomic E-state index is 2.29. The van der Waals surface area contributed by atoms with Gasteiger partial charge in [0.05, 0.1) is 0 Å². The molecule has 0 spiro atoms. The summed E-state index contributed by atoms with van der Waals surface area (Å²) in [5, 5.41) is 0. The first-order valence-corrected chi connectivity index (χ1v) is 4.65. The second-order valence-corrected chi connectivity index (χ2v) is 4.60. The number of hydrogen-bond donors (Lipinski definition) is 0. The molecule has 0 fully saturated rings. The van der Waals surface area contributed by atoms with Crippen LogP contribution in [0, 0.1) is 0 Å². The van der Waals surface area contributed by atoms with Crippen molar-refractivity contribution in [2.24, 2.45) is 0 Å². The van der Waals surface area contributed by atoms with Crippen LogP contribution < -0.4 is 0 Å². The van der Waals surface area contributed by atoms with Gasteiger partial charge in [0, 0.05) is 0 Å². The molecule has 1 heteroatoms. The van der Waals surface area contributed by atoms with Gasteiger partial charge in [-0.25, -0.2) is 0 Å². The van der Waals surface area contributed by atoms with Gasteiger partial charge in [-0.1, -0.05) is 0 Å². The van der Waals surface area contributed by atoms with E-state index in [9.17, 15) is 0 Å². The van der Waals surface area contributed by atoms with E-state index in [1.165, 1.54) is 0 Å². The Hall–Kier alpha value is 0.142. The summed E-state index contributed by atoms with van der Waals surface area (Å²) in [7, 11) is 0. The summed E-state index contributed by atoms with van der Waals surface area (Å²) in [6.07, 6.45) is 0. The maximum atomic E-state index is 2.29. The number of hydrogen-bond acceptors (Lipinski definition) is 0. The number of rotatable bonds is 0. The summed E-state index contributed by atoms with van der Waals surface area (Å²) in [4.78, 5) is 6.88. The van der Waals surface area contributed by atoms with Gasteiger partial charge in [-0.15, -0.1) is 0 Å². The summed E-state index contributed by atoms with van der Waals surface area (Å²) in [6, 6.07) is 0. The fraction of sp³-hybridized carbons (Fsp3) is 0.500. The quantitative estimate of drug-likeness (QED) is 0.467. The van der Waals surface area contributed by atoms with Gasteiger partial charge < -0.3 is 0 Å². The third-order valence-electron chi connectivity index (χ3n) is 0.816. The van der Waals surface area contributed by atoms with Crippen molar-refractivity contribution in [1.82, 2.24) is 0 Å². The van der Waals surface area contributed by atoms with Gasteiger partial charge in [0.15, 0.2) is 0 Å². The molecule has 0 nitrogen and oxygen atoms in total. The molecule has 0 amide bonds. The van der Waals surface area contributed by atoms with Crippen LogP contribution in [-0.4, -0.2) is 14.6 Å². The van der Waals surface area contributed by atoms with Gasteiger partial charge in [0.2, 0.25) is 0 Å². The van der Waals surface area contributed by atoms with Crippen molar-refractivity contribution in [1.29, 1.82) is 0 Å². The van der Waals surface area contributed by atoms with Crippen molar-refractivity contribution >= 4 is 14.6 Å². The summed E-state index contributed by atoms with van der Waals surface area (Å²) >= 11 is -0.431. The zero-order valence-corrected chi connectivity index (χ0v) is 6.42. The Morgan fingerprint density at radius 3 is 1.14 bits per heavy atom. The molecule has 0 radical (unpaired) electrons. The molecule has 7 heavy (non-hydrogen) atoms. The molecule has 0 aliphatic heterocycles. The normalized spacial score (nSPS) is 7.29. The van der Waals surface area contributed by atoms with E-state index in [1.807, 2.05) is 0 Å². The Kier molecular flexibility index (Phi) is 4.39. The minimum atomic E-state index is -0.431. The van der Waals surface area contributed by atoms with E-state index >= 15 is 0 Å². The van der Waals surface area contributed by atoms with Gasteiger partial charge >= 0.3 is 48.3 Å². The van der Waals surface area contributed by atoms with Crippen molar-refractivity contribution in [3.8, 4) is 0 Å². The molecule has 0 bridgehead atoms. The molecule has 42 valence electrons. The molecule has 0 unspecified atom stereocenters. The van der Waals surface area contributed by atoms with Crippen LogP contribution in [0.25, 0.3) is 0 Å². The predicted octanol–water partition coefficient (Wildman–Crippen LogP) is 1.07. The van der Waals surface area contributed by atoms with E-state index in [0.717, 1.165) is 0 Å². The van der Waals surface area contributed by atoms with Crippen molar-refractivity contribution < 1.29 is 12.8 Å². The van der Waals surface area contributed by atoms with Crippen molar-refractivity contribution in [2.75, 3.05) is 0 Å². The molecule has 0 saturated heterocycles. The van der Waals surface area contributed by atoms with Crippen LogP contribution in [0.1, 0.15) is 20.8 Å².